The maximum atomic E-state index is 14.7. The molecular weight excluding hydrogens is 245 g/mol. The zero-order chi connectivity index (χ0) is 13.9. The van der Waals surface area contributed by atoms with Gasteiger partial charge in [0.25, 0.3) is 0 Å². The highest BCUT2D eigenvalue weighted by atomic mass is 19.1. The molecule has 19 heavy (non-hydrogen) atoms. The summed E-state index contributed by atoms with van der Waals surface area (Å²) in [6.07, 6.45) is 3.24. The average Bonchev–Trinajstić information content (AvgIpc) is 2.39. The van der Waals surface area contributed by atoms with Crippen LogP contribution in [-0.2, 0) is 6.54 Å². The summed E-state index contributed by atoms with van der Waals surface area (Å²) in [4.78, 5) is 10.4. The monoisotopic (exact) mass is 267 g/mol. The Morgan fingerprint density at radius 3 is 3.00 bits per heavy atom. The lowest BCUT2D eigenvalue weighted by Crippen LogP contribution is -2.47. The van der Waals surface area contributed by atoms with Crippen molar-refractivity contribution in [3.63, 3.8) is 0 Å². The van der Waals surface area contributed by atoms with Crippen molar-refractivity contribution in [1.82, 2.24) is 14.9 Å². The van der Waals surface area contributed by atoms with E-state index in [-0.39, 0.29) is 5.92 Å². The Hall–Kier alpha value is -1.23. The van der Waals surface area contributed by atoms with E-state index in [1.807, 2.05) is 19.9 Å². The number of methoxy groups -OCH3 is 1. The lowest BCUT2D eigenvalue weighted by Gasteiger charge is -2.39. The Morgan fingerprint density at radius 1 is 1.53 bits per heavy atom. The zero-order valence-electron chi connectivity index (χ0n) is 11.9. The fourth-order valence-corrected chi connectivity index (χ4v) is 2.52. The number of halogens is 1. The molecule has 0 N–H and O–H groups in total. The minimum absolute atomic E-state index is 0.0511. The second-order valence-corrected chi connectivity index (χ2v) is 5.54. The third-order valence-electron chi connectivity index (χ3n) is 3.85. The minimum atomic E-state index is -1.07. The van der Waals surface area contributed by atoms with E-state index in [0.29, 0.717) is 25.5 Å². The Kier molecular flexibility index (Phi) is 4.34. The van der Waals surface area contributed by atoms with Gasteiger partial charge in [0.2, 0.25) is 0 Å². The van der Waals surface area contributed by atoms with Gasteiger partial charge in [-0.05, 0) is 31.4 Å². The van der Waals surface area contributed by atoms with Crippen LogP contribution < -0.4 is 4.74 Å². The minimum Gasteiger partial charge on any atom is -0.467 e. The quantitative estimate of drug-likeness (QED) is 0.840. The number of hydrogen-bond donors (Lipinski definition) is 0. The average molecular weight is 267 g/mol. The fraction of sp³-hybridized carbons (Fsp3) is 0.714. The number of alkyl halides is 1. The van der Waals surface area contributed by atoms with Crippen molar-refractivity contribution in [2.24, 2.45) is 5.92 Å². The molecule has 0 bridgehead atoms. The van der Waals surface area contributed by atoms with Crippen LogP contribution in [0.5, 0.6) is 6.01 Å². The van der Waals surface area contributed by atoms with Gasteiger partial charge in [-0.3, -0.25) is 4.90 Å². The van der Waals surface area contributed by atoms with Gasteiger partial charge in [0.15, 0.2) is 0 Å². The summed E-state index contributed by atoms with van der Waals surface area (Å²) >= 11 is 0. The van der Waals surface area contributed by atoms with E-state index in [0.717, 1.165) is 18.7 Å². The number of ether oxygens (including phenoxy) is 1. The van der Waals surface area contributed by atoms with Crippen molar-refractivity contribution in [3.8, 4) is 6.01 Å². The molecule has 1 fully saturated rings. The van der Waals surface area contributed by atoms with E-state index in [1.165, 1.54) is 0 Å². The molecule has 1 aliphatic rings. The first-order valence-electron chi connectivity index (χ1n) is 6.81. The zero-order valence-corrected chi connectivity index (χ0v) is 11.9. The Labute approximate surface area is 114 Å². The number of aromatic nitrogens is 2. The van der Waals surface area contributed by atoms with Gasteiger partial charge in [-0.15, -0.1) is 0 Å². The molecule has 1 aliphatic heterocycles. The topological polar surface area (TPSA) is 38.2 Å². The summed E-state index contributed by atoms with van der Waals surface area (Å²) in [5.41, 5.74) is -0.199. The van der Waals surface area contributed by atoms with E-state index in [4.69, 9.17) is 4.74 Å². The highest BCUT2D eigenvalue weighted by Crippen LogP contribution is 2.32. The van der Waals surface area contributed by atoms with E-state index >= 15 is 0 Å². The van der Waals surface area contributed by atoms with Crippen molar-refractivity contribution in [2.45, 2.75) is 38.9 Å². The second kappa shape index (κ2) is 5.82. The third kappa shape index (κ3) is 3.41. The highest BCUT2D eigenvalue weighted by Gasteiger charge is 2.38. The molecule has 0 spiro atoms. The molecule has 1 saturated heterocycles. The van der Waals surface area contributed by atoms with Gasteiger partial charge >= 0.3 is 6.01 Å². The van der Waals surface area contributed by atoms with Crippen LogP contribution in [0.1, 0.15) is 32.4 Å². The van der Waals surface area contributed by atoms with Gasteiger partial charge in [0, 0.05) is 19.3 Å². The predicted octanol–water partition coefficient (Wildman–Crippen LogP) is 2.45. The first-order chi connectivity index (χ1) is 9.03. The van der Waals surface area contributed by atoms with Gasteiger partial charge in [-0.1, -0.05) is 13.8 Å². The van der Waals surface area contributed by atoms with Crippen LogP contribution in [0.15, 0.2) is 12.3 Å². The van der Waals surface area contributed by atoms with Crippen molar-refractivity contribution in [1.29, 1.82) is 0 Å². The predicted molar refractivity (Wildman–Crippen MR) is 71.8 cm³/mol. The Balaban J connectivity index is 2.02. The standard InChI is InChI=1S/C14H22FN3O/c1-11(2)14(15)6-4-8-18(10-14)9-12-5-7-16-13(17-12)19-3/h5,7,11H,4,6,8-10H2,1-3H3. The van der Waals surface area contributed by atoms with E-state index in [2.05, 4.69) is 14.9 Å². The molecule has 2 heterocycles. The number of rotatable bonds is 4. The SMILES string of the molecule is COc1nccc(CN2CCCC(F)(C(C)C)C2)n1. The molecule has 0 saturated carbocycles. The number of piperidine rings is 1. The van der Waals surface area contributed by atoms with Crippen LogP contribution in [-0.4, -0.2) is 40.7 Å². The van der Waals surface area contributed by atoms with E-state index < -0.39 is 5.67 Å². The second-order valence-electron chi connectivity index (χ2n) is 5.54. The first-order valence-corrected chi connectivity index (χ1v) is 6.81. The van der Waals surface area contributed by atoms with E-state index in [1.54, 1.807) is 13.3 Å². The molecule has 5 heteroatoms. The summed E-state index contributed by atoms with van der Waals surface area (Å²) in [7, 11) is 1.55. The molecule has 4 nitrogen and oxygen atoms in total. The van der Waals surface area contributed by atoms with Gasteiger partial charge in [0.05, 0.1) is 12.8 Å². The number of nitrogens with zero attached hydrogens (tertiary/aromatic N) is 3. The molecule has 0 radical (unpaired) electrons. The molecular formula is C14H22FN3O. The van der Waals surface area contributed by atoms with Crippen LogP contribution in [0.4, 0.5) is 4.39 Å². The summed E-state index contributed by atoms with van der Waals surface area (Å²) in [6, 6.07) is 2.22. The van der Waals surface area contributed by atoms with Crippen molar-refractivity contribution in [3.05, 3.63) is 18.0 Å². The normalized spacial score (nSPS) is 24.7. The summed E-state index contributed by atoms with van der Waals surface area (Å²) in [5, 5.41) is 0. The molecule has 1 atom stereocenters. The van der Waals surface area contributed by atoms with E-state index in [9.17, 15) is 4.39 Å². The van der Waals surface area contributed by atoms with Crippen molar-refractivity contribution >= 4 is 0 Å². The lowest BCUT2D eigenvalue weighted by atomic mass is 9.84. The Morgan fingerprint density at radius 2 is 2.32 bits per heavy atom. The first kappa shape index (κ1) is 14.2. The smallest absolute Gasteiger partial charge is 0.316 e. The lowest BCUT2D eigenvalue weighted by molar-refractivity contribution is 0.00443. The summed E-state index contributed by atoms with van der Waals surface area (Å²) in [5.74, 6) is 0.0511. The number of likely N-dealkylation sites (tertiary alicyclic amines) is 1. The molecule has 1 unspecified atom stereocenters. The molecule has 1 aromatic heterocycles. The van der Waals surface area contributed by atoms with Crippen LogP contribution in [0.2, 0.25) is 0 Å². The largest absolute Gasteiger partial charge is 0.467 e. The highest BCUT2D eigenvalue weighted by molar-refractivity contribution is 5.06. The van der Waals surface area contributed by atoms with Crippen molar-refractivity contribution < 1.29 is 9.13 Å². The van der Waals surface area contributed by atoms with Gasteiger partial charge in [0.1, 0.15) is 5.67 Å². The number of hydrogen-bond acceptors (Lipinski definition) is 4. The maximum absolute atomic E-state index is 14.7. The Bertz CT molecular complexity index is 427. The summed E-state index contributed by atoms with van der Waals surface area (Å²) in [6.45, 7) is 5.97. The maximum Gasteiger partial charge on any atom is 0.316 e. The van der Waals surface area contributed by atoms with Gasteiger partial charge in [-0.25, -0.2) is 9.37 Å². The molecule has 0 amide bonds. The van der Waals surface area contributed by atoms with Crippen LogP contribution in [0.3, 0.4) is 0 Å². The molecule has 0 aromatic carbocycles. The van der Waals surface area contributed by atoms with Gasteiger partial charge < -0.3 is 4.74 Å². The molecule has 106 valence electrons. The molecule has 2 rings (SSSR count). The fourth-order valence-electron chi connectivity index (χ4n) is 2.52. The van der Waals surface area contributed by atoms with Crippen LogP contribution in [0, 0.1) is 5.92 Å². The van der Waals surface area contributed by atoms with Crippen LogP contribution in [0.25, 0.3) is 0 Å². The molecule has 1 aromatic rings. The van der Waals surface area contributed by atoms with Crippen LogP contribution >= 0.6 is 0 Å². The van der Waals surface area contributed by atoms with Crippen molar-refractivity contribution in [2.75, 3.05) is 20.2 Å². The third-order valence-corrected chi connectivity index (χ3v) is 3.85. The van der Waals surface area contributed by atoms with Gasteiger partial charge in [-0.2, -0.15) is 4.98 Å². The summed E-state index contributed by atoms with van der Waals surface area (Å²) < 4.78 is 19.7. The molecule has 0 aliphatic carbocycles.